The SMILES string of the molecule is C/C=C(/CC[C@@H](C)[C@H]1CC[C@H]2[C@@H]3CC=C4C[C@@H](O[C@@H]5O[C@H](COC(=O)CCCCCCC/C=C\CCCCCCCC)[C@@H](O)[C@H](O)[C@H]5O)CC[C@]4(C)[C@H]3CC[C@]12C)C(C)C. The highest BCUT2D eigenvalue weighted by Gasteiger charge is 2.59. The molecule has 0 aromatic carbocycles. The molecule has 4 aliphatic carbocycles. The van der Waals surface area contributed by atoms with E-state index < -0.39 is 30.7 Å². The lowest BCUT2D eigenvalue weighted by molar-refractivity contribution is -0.313. The Morgan fingerprint density at radius 1 is 0.833 bits per heavy atom. The summed E-state index contributed by atoms with van der Waals surface area (Å²) in [5, 5.41) is 32.5. The van der Waals surface area contributed by atoms with E-state index in [4.69, 9.17) is 14.2 Å². The summed E-state index contributed by atoms with van der Waals surface area (Å²) < 4.78 is 18.0. The third-order valence-electron chi connectivity index (χ3n) is 16.9. The van der Waals surface area contributed by atoms with Crippen LogP contribution in [-0.2, 0) is 19.0 Å². The van der Waals surface area contributed by atoms with Gasteiger partial charge < -0.3 is 29.5 Å². The molecule has 4 fully saturated rings. The van der Waals surface area contributed by atoms with Crippen molar-refractivity contribution < 1.29 is 34.3 Å². The summed E-state index contributed by atoms with van der Waals surface area (Å²) in [7, 11) is 0. The van der Waals surface area contributed by atoms with Gasteiger partial charge in [0.05, 0.1) is 6.10 Å². The smallest absolute Gasteiger partial charge is 0.305 e. The zero-order valence-electron chi connectivity index (χ0n) is 39.4. The van der Waals surface area contributed by atoms with E-state index in [9.17, 15) is 20.1 Å². The van der Waals surface area contributed by atoms with E-state index in [-0.39, 0.29) is 24.1 Å². The van der Waals surface area contributed by atoms with Crippen molar-refractivity contribution in [2.75, 3.05) is 6.61 Å². The van der Waals surface area contributed by atoms with Crippen LogP contribution in [0.5, 0.6) is 0 Å². The van der Waals surface area contributed by atoms with Crippen LogP contribution in [0.25, 0.3) is 0 Å². The summed E-state index contributed by atoms with van der Waals surface area (Å²) in [5.41, 5.74) is 3.70. The minimum atomic E-state index is -1.45. The molecule has 60 heavy (non-hydrogen) atoms. The molecule has 0 amide bonds. The summed E-state index contributed by atoms with van der Waals surface area (Å²) in [6, 6.07) is 0. The maximum absolute atomic E-state index is 12.6. The van der Waals surface area contributed by atoms with E-state index in [0.29, 0.717) is 23.7 Å². The van der Waals surface area contributed by atoms with Gasteiger partial charge in [-0.1, -0.05) is 128 Å². The monoisotopic (exact) mass is 839 g/mol. The Labute approximate surface area is 367 Å². The first-order valence-electron chi connectivity index (χ1n) is 25.3. The van der Waals surface area contributed by atoms with E-state index in [1.807, 2.05) is 0 Å². The Kier molecular flexibility index (Phi) is 19.8. The van der Waals surface area contributed by atoms with Crippen molar-refractivity contribution in [3.63, 3.8) is 0 Å². The van der Waals surface area contributed by atoms with E-state index in [1.54, 1.807) is 5.57 Å². The van der Waals surface area contributed by atoms with Crippen LogP contribution in [0.15, 0.2) is 35.5 Å². The zero-order valence-corrected chi connectivity index (χ0v) is 39.4. The van der Waals surface area contributed by atoms with Crippen LogP contribution in [0.4, 0.5) is 0 Å². The van der Waals surface area contributed by atoms with Gasteiger partial charge in [-0.05, 0) is 150 Å². The van der Waals surface area contributed by atoms with Gasteiger partial charge in [-0.2, -0.15) is 0 Å². The Morgan fingerprint density at radius 3 is 2.20 bits per heavy atom. The third kappa shape index (κ3) is 12.6. The average molecular weight is 839 g/mol. The van der Waals surface area contributed by atoms with Crippen LogP contribution in [0.1, 0.15) is 203 Å². The highest BCUT2D eigenvalue weighted by atomic mass is 16.7. The second-order valence-electron chi connectivity index (χ2n) is 21.1. The van der Waals surface area contributed by atoms with Crippen molar-refractivity contribution in [1.82, 2.24) is 0 Å². The Bertz CT molecular complexity index is 1390. The number of hydrogen-bond donors (Lipinski definition) is 3. The fourth-order valence-electron chi connectivity index (χ4n) is 13.0. The fourth-order valence-corrected chi connectivity index (χ4v) is 13.0. The van der Waals surface area contributed by atoms with Crippen LogP contribution in [-0.4, -0.2) is 64.7 Å². The number of aliphatic hydroxyl groups is 3. The van der Waals surface area contributed by atoms with Gasteiger partial charge in [0.25, 0.3) is 0 Å². The van der Waals surface area contributed by atoms with Crippen molar-refractivity contribution in [1.29, 1.82) is 0 Å². The standard InChI is InChI=1S/C53H90O7/c1-8-10-11-12-13-14-15-16-17-18-19-20-21-22-23-24-47(54)58-36-46-48(55)49(56)50(57)51(60-46)59-41-31-33-52(6)40(35-41)27-28-42-44-30-29-43(53(44,7)34-32-45(42)52)38(5)25-26-39(9-2)37(3)4/h9,16-17,27,37-38,41-46,48-51,55-57H,8,10-15,18-26,28-36H2,1-7H3/b17-16-,39-9-/t38-,41+,42+,43-,44+,45+,46-,48-,49+,50-,51-,52+,53-/m1/s1. The van der Waals surface area contributed by atoms with Gasteiger partial charge in [0.15, 0.2) is 6.29 Å². The van der Waals surface area contributed by atoms with Gasteiger partial charge in [-0.3, -0.25) is 4.79 Å². The topological polar surface area (TPSA) is 105 Å². The predicted octanol–water partition coefficient (Wildman–Crippen LogP) is 12.4. The highest BCUT2D eigenvalue weighted by molar-refractivity contribution is 5.69. The first-order chi connectivity index (χ1) is 28.8. The summed E-state index contributed by atoms with van der Waals surface area (Å²) in [5.74, 6) is 4.12. The molecule has 5 aliphatic rings. The molecular weight excluding hydrogens is 749 g/mol. The lowest BCUT2D eigenvalue weighted by Crippen LogP contribution is -2.60. The van der Waals surface area contributed by atoms with Gasteiger partial charge >= 0.3 is 5.97 Å². The van der Waals surface area contributed by atoms with Gasteiger partial charge in [-0.25, -0.2) is 0 Å². The minimum Gasteiger partial charge on any atom is -0.463 e. The van der Waals surface area contributed by atoms with Crippen LogP contribution >= 0.6 is 0 Å². The molecule has 7 heteroatoms. The first-order valence-corrected chi connectivity index (χ1v) is 25.3. The van der Waals surface area contributed by atoms with E-state index >= 15 is 0 Å². The second kappa shape index (κ2) is 24.0. The molecule has 1 aliphatic heterocycles. The molecule has 0 aromatic rings. The highest BCUT2D eigenvalue weighted by Crippen LogP contribution is 2.67. The molecule has 0 radical (unpaired) electrons. The Morgan fingerprint density at radius 2 is 1.52 bits per heavy atom. The number of fused-ring (bicyclic) bond motifs is 5. The number of aliphatic hydroxyl groups excluding tert-OH is 3. The average Bonchev–Trinajstić information content (AvgIpc) is 3.59. The molecular formula is C53H90O7. The van der Waals surface area contributed by atoms with Crippen LogP contribution < -0.4 is 0 Å². The molecule has 3 N–H and O–H groups in total. The van der Waals surface area contributed by atoms with E-state index in [1.165, 1.54) is 95.5 Å². The van der Waals surface area contributed by atoms with Gasteiger partial charge in [0.2, 0.25) is 0 Å². The number of allylic oxidation sites excluding steroid dienone is 5. The summed E-state index contributed by atoms with van der Waals surface area (Å²) in [6.07, 6.45) is 30.8. The molecule has 1 saturated heterocycles. The van der Waals surface area contributed by atoms with E-state index in [0.717, 1.165) is 81.5 Å². The van der Waals surface area contributed by atoms with Crippen molar-refractivity contribution in [3.05, 3.63) is 35.5 Å². The predicted molar refractivity (Wildman–Crippen MR) is 244 cm³/mol. The van der Waals surface area contributed by atoms with Crippen molar-refractivity contribution >= 4 is 5.97 Å². The normalized spacial score (nSPS) is 36.2. The number of esters is 1. The number of unbranched alkanes of at least 4 members (excludes halogenated alkanes) is 11. The fraction of sp³-hybridized carbons (Fsp3) is 0.868. The molecule has 13 atom stereocenters. The number of rotatable bonds is 24. The lowest BCUT2D eigenvalue weighted by Gasteiger charge is -2.58. The van der Waals surface area contributed by atoms with Crippen LogP contribution in [0, 0.1) is 46.3 Å². The summed E-state index contributed by atoms with van der Waals surface area (Å²) in [4.78, 5) is 12.6. The summed E-state index contributed by atoms with van der Waals surface area (Å²) >= 11 is 0. The Balaban J connectivity index is 1.02. The maximum atomic E-state index is 12.6. The molecule has 7 nitrogen and oxygen atoms in total. The van der Waals surface area contributed by atoms with Crippen molar-refractivity contribution in [3.8, 4) is 0 Å². The van der Waals surface area contributed by atoms with Crippen LogP contribution in [0.3, 0.4) is 0 Å². The van der Waals surface area contributed by atoms with Gasteiger partial charge in [-0.15, -0.1) is 0 Å². The van der Waals surface area contributed by atoms with Crippen LogP contribution in [0.2, 0.25) is 0 Å². The number of ether oxygens (including phenoxy) is 3. The van der Waals surface area contributed by atoms with Crippen molar-refractivity contribution in [2.24, 2.45) is 46.3 Å². The molecule has 0 unspecified atom stereocenters. The lowest BCUT2D eigenvalue weighted by atomic mass is 9.47. The first kappa shape index (κ1) is 49.5. The maximum Gasteiger partial charge on any atom is 0.305 e. The largest absolute Gasteiger partial charge is 0.463 e. The second-order valence-corrected chi connectivity index (χ2v) is 21.1. The number of carbonyl (C=O) groups is 1. The van der Waals surface area contributed by atoms with Gasteiger partial charge in [0, 0.05) is 6.42 Å². The molecule has 3 saturated carbocycles. The van der Waals surface area contributed by atoms with Crippen molar-refractivity contribution in [2.45, 2.75) is 239 Å². The van der Waals surface area contributed by atoms with E-state index in [2.05, 4.69) is 72.8 Å². The van der Waals surface area contributed by atoms with Gasteiger partial charge in [0.1, 0.15) is 31.0 Å². The zero-order chi connectivity index (χ0) is 43.3. The number of hydrogen-bond acceptors (Lipinski definition) is 7. The molecule has 344 valence electrons. The molecule has 0 bridgehead atoms. The molecule has 0 spiro atoms. The molecule has 1 heterocycles. The third-order valence-corrected chi connectivity index (χ3v) is 16.9. The summed E-state index contributed by atoms with van der Waals surface area (Å²) in [6.45, 7) is 16.7. The number of carbonyl (C=O) groups excluding carboxylic acids is 1. The minimum absolute atomic E-state index is 0.147. The molecule has 5 rings (SSSR count). The quantitative estimate of drug-likeness (QED) is 0.0505. The molecule has 0 aromatic heterocycles. The Hall–Kier alpha value is -1.51.